The topological polar surface area (TPSA) is 73.4 Å². The molecule has 0 radical (unpaired) electrons. The van der Waals surface area contributed by atoms with Gasteiger partial charge in [-0.2, -0.15) is 5.26 Å². The van der Waals surface area contributed by atoms with E-state index in [1.165, 1.54) is 5.01 Å². The zero-order valence-corrected chi connectivity index (χ0v) is 10.5. The second-order valence-corrected chi connectivity index (χ2v) is 5.33. The molecule has 6 heteroatoms. The molecule has 1 heterocycles. The predicted molar refractivity (Wildman–Crippen MR) is 64.2 cm³/mol. The SMILES string of the molecule is CC(C)CN(N)CC(=O)N1CSCC1C#N. The molecular weight excluding hydrogens is 224 g/mol. The van der Waals surface area contributed by atoms with E-state index in [4.69, 9.17) is 11.1 Å². The first kappa shape index (κ1) is 13.3. The van der Waals surface area contributed by atoms with Crippen LogP contribution in [0.3, 0.4) is 0 Å². The van der Waals surface area contributed by atoms with Crippen molar-refractivity contribution in [3.05, 3.63) is 0 Å². The van der Waals surface area contributed by atoms with Gasteiger partial charge in [0, 0.05) is 12.3 Å². The summed E-state index contributed by atoms with van der Waals surface area (Å²) in [6.07, 6.45) is 0. The Morgan fingerprint density at radius 1 is 1.75 bits per heavy atom. The molecule has 16 heavy (non-hydrogen) atoms. The molecule has 1 aliphatic heterocycles. The van der Waals surface area contributed by atoms with Gasteiger partial charge in [0.15, 0.2) is 0 Å². The van der Waals surface area contributed by atoms with Crippen molar-refractivity contribution in [1.29, 1.82) is 5.26 Å². The summed E-state index contributed by atoms with van der Waals surface area (Å²) in [6.45, 7) is 4.98. The number of nitriles is 1. The van der Waals surface area contributed by atoms with Crippen LogP contribution in [0.1, 0.15) is 13.8 Å². The molecule has 2 N–H and O–H groups in total. The zero-order valence-electron chi connectivity index (χ0n) is 9.72. The fourth-order valence-corrected chi connectivity index (χ4v) is 2.70. The minimum absolute atomic E-state index is 0.0558. The Morgan fingerprint density at radius 3 is 3.00 bits per heavy atom. The van der Waals surface area contributed by atoms with Crippen LogP contribution in [0.25, 0.3) is 0 Å². The molecule has 1 aliphatic rings. The second-order valence-electron chi connectivity index (χ2n) is 4.33. The summed E-state index contributed by atoms with van der Waals surface area (Å²) in [7, 11) is 0. The maximum absolute atomic E-state index is 11.8. The van der Waals surface area contributed by atoms with E-state index in [-0.39, 0.29) is 18.5 Å². The number of nitrogens with two attached hydrogens (primary N) is 1. The molecule has 0 spiro atoms. The lowest BCUT2D eigenvalue weighted by Gasteiger charge is -2.23. The predicted octanol–water partition coefficient (Wildman–Crippen LogP) is 0.243. The van der Waals surface area contributed by atoms with E-state index in [9.17, 15) is 4.79 Å². The van der Waals surface area contributed by atoms with Gasteiger partial charge in [-0.25, -0.2) is 5.01 Å². The van der Waals surface area contributed by atoms with Crippen LogP contribution in [0.2, 0.25) is 0 Å². The van der Waals surface area contributed by atoms with Crippen molar-refractivity contribution in [2.45, 2.75) is 19.9 Å². The van der Waals surface area contributed by atoms with E-state index in [1.807, 2.05) is 13.8 Å². The number of carbonyl (C=O) groups is 1. The van der Waals surface area contributed by atoms with Crippen molar-refractivity contribution >= 4 is 17.7 Å². The summed E-state index contributed by atoms with van der Waals surface area (Å²) >= 11 is 1.61. The standard InChI is InChI=1S/C10H18N4OS/c1-8(2)4-13(12)5-10(15)14-7-16-6-9(14)3-11/h8-9H,4-7,12H2,1-2H3. The third-order valence-corrected chi connectivity index (χ3v) is 3.30. The number of hydrazine groups is 1. The Bertz CT molecular complexity index is 289. The van der Waals surface area contributed by atoms with Crippen LogP contribution in [-0.2, 0) is 4.79 Å². The Hall–Kier alpha value is -0.770. The third-order valence-electron chi connectivity index (χ3n) is 2.29. The molecule has 0 bridgehead atoms. The summed E-state index contributed by atoms with van der Waals surface area (Å²) in [4.78, 5) is 13.4. The summed E-state index contributed by atoms with van der Waals surface area (Å²) in [5.74, 6) is 7.41. The Balaban J connectivity index is 2.43. The molecule has 5 nitrogen and oxygen atoms in total. The van der Waals surface area contributed by atoms with Gasteiger partial charge in [-0.15, -0.1) is 11.8 Å². The van der Waals surface area contributed by atoms with E-state index < -0.39 is 0 Å². The molecule has 1 fully saturated rings. The first-order chi connectivity index (χ1) is 7.54. The van der Waals surface area contributed by atoms with E-state index in [2.05, 4.69) is 6.07 Å². The highest BCUT2D eigenvalue weighted by atomic mass is 32.2. The highest BCUT2D eigenvalue weighted by Gasteiger charge is 2.29. The monoisotopic (exact) mass is 242 g/mol. The maximum Gasteiger partial charge on any atom is 0.239 e. The maximum atomic E-state index is 11.8. The van der Waals surface area contributed by atoms with Gasteiger partial charge in [-0.1, -0.05) is 13.8 Å². The molecule has 0 aromatic rings. The molecule has 1 saturated heterocycles. The molecule has 0 aromatic carbocycles. The van der Waals surface area contributed by atoms with Crippen LogP contribution in [0, 0.1) is 17.2 Å². The molecule has 1 unspecified atom stereocenters. The lowest BCUT2D eigenvalue weighted by molar-refractivity contribution is -0.132. The molecule has 0 aliphatic carbocycles. The summed E-state index contributed by atoms with van der Waals surface area (Å²) in [5.41, 5.74) is 0. The lowest BCUT2D eigenvalue weighted by Crippen LogP contribution is -2.46. The van der Waals surface area contributed by atoms with Crippen molar-refractivity contribution in [2.24, 2.45) is 11.8 Å². The third kappa shape index (κ3) is 3.67. The molecule has 0 saturated carbocycles. The summed E-state index contributed by atoms with van der Waals surface area (Å²) < 4.78 is 0. The van der Waals surface area contributed by atoms with Crippen LogP contribution in [0.5, 0.6) is 0 Å². The van der Waals surface area contributed by atoms with Crippen LogP contribution < -0.4 is 5.84 Å². The van der Waals surface area contributed by atoms with Gasteiger partial charge < -0.3 is 4.90 Å². The highest BCUT2D eigenvalue weighted by Crippen LogP contribution is 2.20. The van der Waals surface area contributed by atoms with Gasteiger partial charge >= 0.3 is 0 Å². The van der Waals surface area contributed by atoms with Gasteiger partial charge in [0.1, 0.15) is 6.04 Å². The smallest absolute Gasteiger partial charge is 0.239 e. The number of nitrogens with zero attached hydrogens (tertiary/aromatic N) is 3. The summed E-state index contributed by atoms with van der Waals surface area (Å²) in [5, 5.41) is 10.4. The largest absolute Gasteiger partial charge is 0.315 e. The minimum Gasteiger partial charge on any atom is -0.315 e. The van der Waals surface area contributed by atoms with Gasteiger partial charge in [0.05, 0.1) is 18.5 Å². The number of carbonyl (C=O) groups excluding carboxylic acids is 1. The quantitative estimate of drug-likeness (QED) is 0.565. The van der Waals surface area contributed by atoms with E-state index >= 15 is 0 Å². The van der Waals surface area contributed by atoms with Gasteiger partial charge in [0.2, 0.25) is 5.91 Å². The first-order valence-corrected chi connectivity index (χ1v) is 6.46. The van der Waals surface area contributed by atoms with Crippen molar-refractivity contribution in [3.63, 3.8) is 0 Å². The van der Waals surface area contributed by atoms with Gasteiger partial charge in [0.25, 0.3) is 0 Å². The molecule has 1 amide bonds. The van der Waals surface area contributed by atoms with Gasteiger partial charge in [-0.3, -0.25) is 10.6 Å². The van der Waals surface area contributed by atoms with Crippen molar-refractivity contribution in [3.8, 4) is 6.07 Å². The molecule has 1 atom stereocenters. The average molecular weight is 242 g/mol. The van der Waals surface area contributed by atoms with Crippen molar-refractivity contribution in [1.82, 2.24) is 9.91 Å². The average Bonchev–Trinajstić information content (AvgIpc) is 2.63. The fourth-order valence-electron chi connectivity index (χ4n) is 1.59. The van der Waals surface area contributed by atoms with Crippen molar-refractivity contribution in [2.75, 3.05) is 24.7 Å². The van der Waals surface area contributed by atoms with E-state index in [0.717, 1.165) is 0 Å². The lowest BCUT2D eigenvalue weighted by atomic mass is 10.2. The number of hydrogen-bond acceptors (Lipinski definition) is 5. The van der Waals surface area contributed by atoms with Crippen LogP contribution in [0.4, 0.5) is 0 Å². The molecule has 1 rings (SSSR count). The molecule has 0 aromatic heterocycles. The Labute approximate surface area is 101 Å². The van der Waals surface area contributed by atoms with Crippen molar-refractivity contribution < 1.29 is 4.79 Å². The van der Waals surface area contributed by atoms with Crippen LogP contribution in [-0.4, -0.2) is 46.6 Å². The van der Waals surface area contributed by atoms with E-state index in [1.54, 1.807) is 16.7 Å². The number of rotatable bonds is 4. The highest BCUT2D eigenvalue weighted by molar-refractivity contribution is 7.99. The normalized spacial score (nSPS) is 20.5. The molecule has 90 valence electrons. The van der Waals surface area contributed by atoms with Gasteiger partial charge in [-0.05, 0) is 5.92 Å². The first-order valence-electron chi connectivity index (χ1n) is 5.31. The Morgan fingerprint density at radius 2 is 2.44 bits per heavy atom. The van der Waals surface area contributed by atoms with E-state index in [0.29, 0.717) is 24.1 Å². The van der Waals surface area contributed by atoms with Crippen LogP contribution in [0.15, 0.2) is 0 Å². The Kier molecular flexibility index (Phi) is 5.06. The number of thioether (sulfide) groups is 1. The number of hydrogen-bond donors (Lipinski definition) is 1. The van der Waals surface area contributed by atoms with Crippen LogP contribution >= 0.6 is 11.8 Å². The summed E-state index contributed by atoms with van der Waals surface area (Å²) in [6, 6.07) is 1.85. The minimum atomic E-state index is -0.287. The fraction of sp³-hybridized carbons (Fsp3) is 0.800. The zero-order chi connectivity index (χ0) is 12.1. The molecular formula is C10H18N4OS. The number of amides is 1. The second kappa shape index (κ2) is 6.09.